The molecule has 2 fully saturated rings. The zero-order valence-corrected chi connectivity index (χ0v) is 11.9. The molecule has 0 saturated carbocycles. The summed E-state index contributed by atoms with van der Waals surface area (Å²) in [6.07, 6.45) is 3.65. The van der Waals surface area contributed by atoms with E-state index in [4.69, 9.17) is 4.52 Å². The molecule has 21 heavy (non-hydrogen) atoms. The maximum atomic E-state index is 12.7. The highest BCUT2D eigenvalue weighted by atomic mass is 16.5. The fourth-order valence-corrected chi connectivity index (χ4v) is 3.69. The lowest BCUT2D eigenvalue weighted by atomic mass is 10.1. The van der Waals surface area contributed by atoms with Crippen molar-refractivity contribution in [3.8, 4) is 0 Å². The smallest absolute Gasteiger partial charge is 0.229 e. The predicted octanol–water partition coefficient (Wildman–Crippen LogP) is 1.72. The molecule has 2 aliphatic rings. The molecule has 1 aromatic heterocycles. The largest absolute Gasteiger partial charge is 0.356 e. The van der Waals surface area contributed by atoms with E-state index in [1.54, 1.807) is 0 Å². The Morgan fingerprint density at radius 3 is 3.10 bits per heavy atom. The molecule has 2 unspecified atom stereocenters. The number of rotatable bonds is 2. The minimum Gasteiger partial charge on any atom is -0.356 e. The van der Waals surface area contributed by atoms with Crippen molar-refractivity contribution < 1.29 is 9.32 Å². The van der Waals surface area contributed by atoms with Gasteiger partial charge in [-0.3, -0.25) is 4.79 Å². The van der Waals surface area contributed by atoms with Crippen molar-refractivity contribution in [2.45, 2.75) is 37.8 Å². The number of para-hydroxylation sites is 1. The van der Waals surface area contributed by atoms with Gasteiger partial charge in [0, 0.05) is 24.0 Å². The van der Waals surface area contributed by atoms with Gasteiger partial charge >= 0.3 is 0 Å². The van der Waals surface area contributed by atoms with Crippen LogP contribution in [-0.2, 0) is 11.2 Å². The third-order valence-corrected chi connectivity index (χ3v) is 4.71. The number of hydrogen-bond donors (Lipinski definition) is 1. The lowest BCUT2D eigenvalue weighted by molar-refractivity contribution is -0.133. The fraction of sp³-hybridized carbons (Fsp3) is 0.500. The number of amides is 1. The van der Waals surface area contributed by atoms with E-state index in [1.165, 1.54) is 0 Å². The summed E-state index contributed by atoms with van der Waals surface area (Å²) in [5.41, 5.74) is 1.51. The van der Waals surface area contributed by atoms with Crippen LogP contribution in [0.1, 0.15) is 25.0 Å². The summed E-state index contributed by atoms with van der Waals surface area (Å²) in [6, 6.07) is 8.47. The molecule has 4 rings (SSSR count). The minimum atomic E-state index is 0.185. The number of carbonyl (C=O) groups is 1. The van der Waals surface area contributed by atoms with E-state index in [0.717, 1.165) is 49.0 Å². The average Bonchev–Trinajstić information content (AvgIpc) is 2.99. The molecule has 2 saturated heterocycles. The van der Waals surface area contributed by atoms with Gasteiger partial charge in [-0.1, -0.05) is 17.3 Å². The molecule has 1 amide bonds. The van der Waals surface area contributed by atoms with E-state index in [1.807, 2.05) is 24.3 Å². The number of hydrogen-bond acceptors (Lipinski definition) is 4. The zero-order chi connectivity index (χ0) is 14.2. The first-order chi connectivity index (χ1) is 10.3. The summed E-state index contributed by atoms with van der Waals surface area (Å²) >= 11 is 0. The van der Waals surface area contributed by atoms with Crippen LogP contribution >= 0.6 is 0 Å². The second kappa shape index (κ2) is 5.15. The molecule has 0 radical (unpaired) electrons. The summed E-state index contributed by atoms with van der Waals surface area (Å²) in [4.78, 5) is 14.8. The second-order valence-corrected chi connectivity index (χ2v) is 5.98. The quantitative estimate of drug-likeness (QED) is 0.913. The number of aromatic nitrogens is 1. The number of nitrogens with zero attached hydrogens (tertiary/aromatic N) is 2. The van der Waals surface area contributed by atoms with Crippen LogP contribution in [0.25, 0.3) is 11.0 Å². The minimum absolute atomic E-state index is 0.185. The van der Waals surface area contributed by atoms with Crippen LogP contribution in [0.4, 0.5) is 0 Å². The number of nitrogens with one attached hydrogen (secondary N) is 1. The van der Waals surface area contributed by atoms with Crippen LogP contribution in [-0.4, -0.2) is 41.1 Å². The summed E-state index contributed by atoms with van der Waals surface area (Å²) in [7, 11) is 0. The Labute approximate surface area is 123 Å². The summed E-state index contributed by atoms with van der Waals surface area (Å²) in [6.45, 7) is 1.93. The first-order valence-corrected chi connectivity index (χ1v) is 7.68. The molecule has 2 aromatic rings. The van der Waals surface area contributed by atoms with Crippen LogP contribution in [0.15, 0.2) is 28.8 Å². The molecule has 2 aliphatic heterocycles. The number of benzene rings is 1. The molecular formula is C16H19N3O2. The molecule has 3 heterocycles. The van der Waals surface area contributed by atoms with Gasteiger partial charge in [0.1, 0.15) is 5.69 Å². The highest BCUT2D eigenvalue weighted by molar-refractivity contribution is 5.86. The average molecular weight is 285 g/mol. The third-order valence-electron chi connectivity index (χ3n) is 4.71. The van der Waals surface area contributed by atoms with Crippen molar-refractivity contribution >= 4 is 16.9 Å². The Morgan fingerprint density at radius 2 is 2.14 bits per heavy atom. The van der Waals surface area contributed by atoms with Crippen molar-refractivity contribution in [3.05, 3.63) is 30.0 Å². The first kappa shape index (κ1) is 12.8. The topological polar surface area (TPSA) is 58.4 Å². The Hall–Kier alpha value is -1.88. The van der Waals surface area contributed by atoms with E-state index >= 15 is 0 Å². The monoisotopic (exact) mass is 285 g/mol. The lowest BCUT2D eigenvalue weighted by Crippen LogP contribution is -2.43. The molecule has 0 aliphatic carbocycles. The first-order valence-electron chi connectivity index (χ1n) is 7.68. The Bertz CT molecular complexity index is 652. The van der Waals surface area contributed by atoms with Gasteiger partial charge in [0.05, 0.1) is 6.42 Å². The Balaban J connectivity index is 1.58. The van der Waals surface area contributed by atoms with Crippen molar-refractivity contribution in [1.82, 2.24) is 15.4 Å². The van der Waals surface area contributed by atoms with E-state index < -0.39 is 0 Å². The molecule has 2 atom stereocenters. The highest BCUT2D eigenvalue weighted by Crippen LogP contribution is 2.29. The Morgan fingerprint density at radius 1 is 1.29 bits per heavy atom. The molecule has 1 aromatic carbocycles. The van der Waals surface area contributed by atoms with Crippen LogP contribution in [0.2, 0.25) is 0 Å². The van der Waals surface area contributed by atoms with Gasteiger partial charge in [-0.2, -0.15) is 0 Å². The van der Waals surface area contributed by atoms with Gasteiger partial charge in [0.2, 0.25) is 5.91 Å². The molecule has 5 nitrogen and oxygen atoms in total. The molecule has 110 valence electrons. The van der Waals surface area contributed by atoms with Crippen molar-refractivity contribution in [2.24, 2.45) is 0 Å². The van der Waals surface area contributed by atoms with Gasteiger partial charge in [-0.15, -0.1) is 0 Å². The summed E-state index contributed by atoms with van der Waals surface area (Å²) in [5, 5.41) is 8.46. The number of carbonyl (C=O) groups excluding carboxylic acids is 1. The molecule has 5 heteroatoms. The van der Waals surface area contributed by atoms with Crippen LogP contribution in [0.3, 0.4) is 0 Å². The van der Waals surface area contributed by atoms with Gasteiger partial charge in [0.15, 0.2) is 5.58 Å². The van der Waals surface area contributed by atoms with E-state index in [0.29, 0.717) is 18.5 Å². The van der Waals surface area contributed by atoms with Gasteiger partial charge in [-0.25, -0.2) is 0 Å². The highest BCUT2D eigenvalue weighted by Gasteiger charge is 2.38. The van der Waals surface area contributed by atoms with Gasteiger partial charge in [-0.05, 0) is 37.9 Å². The van der Waals surface area contributed by atoms with Crippen LogP contribution in [0, 0.1) is 0 Å². The molecule has 1 N–H and O–H groups in total. The lowest BCUT2D eigenvalue weighted by Gasteiger charge is -2.27. The van der Waals surface area contributed by atoms with Crippen molar-refractivity contribution in [1.29, 1.82) is 0 Å². The maximum Gasteiger partial charge on any atom is 0.229 e. The maximum absolute atomic E-state index is 12.7. The molecule has 0 spiro atoms. The molecular weight excluding hydrogens is 266 g/mol. The summed E-state index contributed by atoms with van der Waals surface area (Å²) < 4.78 is 5.30. The fourth-order valence-electron chi connectivity index (χ4n) is 3.69. The Kier molecular flexibility index (Phi) is 3.15. The van der Waals surface area contributed by atoms with Gasteiger partial charge in [0.25, 0.3) is 0 Å². The normalized spacial score (nSPS) is 25.2. The second-order valence-electron chi connectivity index (χ2n) is 5.98. The number of fused-ring (bicyclic) bond motifs is 3. The van der Waals surface area contributed by atoms with Crippen molar-refractivity contribution in [2.75, 3.05) is 13.1 Å². The molecule has 2 bridgehead atoms. The SMILES string of the molecule is O=C(Cc1noc2ccccc12)N1C2CCNCC1CC2. The van der Waals surface area contributed by atoms with Crippen LogP contribution < -0.4 is 5.32 Å². The zero-order valence-electron chi connectivity index (χ0n) is 11.9. The van der Waals surface area contributed by atoms with E-state index in [9.17, 15) is 4.79 Å². The third kappa shape index (κ3) is 2.21. The van der Waals surface area contributed by atoms with Crippen LogP contribution in [0.5, 0.6) is 0 Å². The standard InChI is InChI=1S/C16H19N3O2/c20-16(19-11-5-6-12(19)10-17-8-7-11)9-14-13-3-1-2-4-15(13)21-18-14/h1-4,11-12,17H,5-10H2. The van der Waals surface area contributed by atoms with Gasteiger partial charge < -0.3 is 14.7 Å². The summed E-state index contributed by atoms with van der Waals surface area (Å²) in [5.74, 6) is 0.185. The van der Waals surface area contributed by atoms with E-state index in [-0.39, 0.29) is 5.91 Å². The predicted molar refractivity (Wildman–Crippen MR) is 78.9 cm³/mol. The van der Waals surface area contributed by atoms with E-state index in [2.05, 4.69) is 15.4 Å². The van der Waals surface area contributed by atoms with Crippen molar-refractivity contribution in [3.63, 3.8) is 0 Å².